The molecule has 0 aliphatic heterocycles. The van der Waals surface area contributed by atoms with E-state index in [0.717, 1.165) is 12.1 Å². The molecule has 2 N–H and O–H groups in total. The van der Waals surface area contributed by atoms with Crippen molar-refractivity contribution in [3.05, 3.63) is 57.6 Å². The second-order valence-electron chi connectivity index (χ2n) is 4.20. The number of halogens is 3. The third kappa shape index (κ3) is 2.96. The fourth-order valence-corrected chi connectivity index (χ4v) is 2.03. The number of amides is 1. The van der Waals surface area contributed by atoms with Crippen LogP contribution in [0.25, 0.3) is 0 Å². The predicted molar refractivity (Wildman–Crippen MR) is 74.9 cm³/mol. The lowest BCUT2D eigenvalue weighted by atomic mass is 10.1. The van der Waals surface area contributed by atoms with Crippen molar-refractivity contribution >= 4 is 27.5 Å². The molecule has 0 heterocycles. The van der Waals surface area contributed by atoms with Gasteiger partial charge >= 0.3 is 0 Å². The predicted octanol–water partition coefficient (Wildman–Crippen LogP) is 3.99. The smallest absolute Gasteiger partial charge is 0.256 e. The Bertz CT molecular complexity index is 689. The van der Waals surface area contributed by atoms with E-state index in [1.54, 1.807) is 6.92 Å². The summed E-state index contributed by atoms with van der Waals surface area (Å²) in [5, 5.41) is 11.6. The highest BCUT2D eigenvalue weighted by Crippen LogP contribution is 2.24. The van der Waals surface area contributed by atoms with E-state index in [1.165, 1.54) is 18.2 Å². The summed E-state index contributed by atoms with van der Waals surface area (Å²) in [6.07, 6.45) is 0. The molecule has 0 spiro atoms. The summed E-state index contributed by atoms with van der Waals surface area (Å²) in [5.74, 6) is -1.98. The minimum absolute atomic E-state index is 0.0196. The molecule has 0 bridgehead atoms. The monoisotopic (exact) mass is 341 g/mol. The van der Waals surface area contributed by atoms with Crippen LogP contribution in [0.3, 0.4) is 0 Å². The molecule has 0 saturated heterocycles. The number of benzene rings is 2. The molecule has 0 saturated carbocycles. The van der Waals surface area contributed by atoms with Crippen molar-refractivity contribution in [2.45, 2.75) is 6.92 Å². The van der Waals surface area contributed by atoms with Crippen LogP contribution in [-0.4, -0.2) is 11.0 Å². The van der Waals surface area contributed by atoms with Crippen LogP contribution in [-0.2, 0) is 0 Å². The molecule has 2 aromatic carbocycles. The molecule has 0 fully saturated rings. The van der Waals surface area contributed by atoms with Crippen LogP contribution in [0, 0.1) is 18.6 Å². The zero-order valence-electron chi connectivity index (χ0n) is 10.4. The van der Waals surface area contributed by atoms with Gasteiger partial charge in [0.25, 0.3) is 5.91 Å². The van der Waals surface area contributed by atoms with Crippen molar-refractivity contribution in [3.8, 4) is 5.75 Å². The molecule has 0 radical (unpaired) electrons. The lowest BCUT2D eigenvalue weighted by Crippen LogP contribution is -2.14. The first-order valence-corrected chi connectivity index (χ1v) is 6.43. The minimum Gasteiger partial charge on any atom is -0.508 e. The standard InChI is InChI=1S/C14H10BrF2NO2/c1-7-4-8(19)2-3-9(7)14(20)18-13-6-11(16)10(15)5-12(13)17/h2-6,19H,1H3,(H,18,20). The third-order valence-corrected chi connectivity index (χ3v) is 3.32. The number of hydrogen-bond donors (Lipinski definition) is 2. The van der Waals surface area contributed by atoms with Crippen molar-refractivity contribution in [2.24, 2.45) is 0 Å². The third-order valence-electron chi connectivity index (χ3n) is 2.71. The number of rotatable bonds is 2. The SMILES string of the molecule is Cc1cc(O)ccc1C(=O)Nc1cc(F)c(Br)cc1F. The topological polar surface area (TPSA) is 49.3 Å². The maximum absolute atomic E-state index is 13.6. The molecular weight excluding hydrogens is 332 g/mol. The summed E-state index contributed by atoms with van der Waals surface area (Å²) in [6, 6.07) is 6.00. The van der Waals surface area contributed by atoms with Crippen LogP contribution in [0.1, 0.15) is 15.9 Å². The molecular formula is C14H10BrF2NO2. The van der Waals surface area contributed by atoms with Gasteiger partial charge in [-0.25, -0.2) is 8.78 Å². The van der Waals surface area contributed by atoms with Crippen LogP contribution >= 0.6 is 15.9 Å². The molecule has 0 atom stereocenters. The largest absolute Gasteiger partial charge is 0.508 e. The number of hydrogen-bond acceptors (Lipinski definition) is 2. The van der Waals surface area contributed by atoms with Crippen molar-refractivity contribution in [2.75, 3.05) is 5.32 Å². The fraction of sp³-hybridized carbons (Fsp3) is 0.0714. The van der Waals surface area contributed by atoms with Gasteiger partial charge in [0.05, 0.1) is 10.2 Å². The highest BCUT2D eigenvalue weighted by Gasteiger charge is 2.14. The Kier molecular flexibility index (Phi) is 4.04. The minimum atomic E-state index is -0.747. The molecule has 2 rings (SSSR count). The Hall–Kier alpha value is -1.95. The first-order valence-electron chi connectivity index (χ1n) is 5.64. The molecule has 3 nitrogen and oxygen atoms in total. The van der Waals surface area contributed by atoms with E-state index in [4.69, 9.17) is 0 Å². The lowest BCUT2D eigenvalue weighted by Gasteiger charge is -2.09. The van der Waals surface area contributed by atoms with Crippen molar-refractivity contribution in [3.63, 3.8) is 0 Å². The van der Waals surface area contributed by atoms with Crippen molar-refractivity contribution in [1.29, 1.82) is 0 Å². The van der Waals surface area contributed by atoms with Crippen LogP contribution in [0.5, 0.6) is 5.75 Å². The molecule has 0 aromatic heterocycles. The van der Waals surface area contributed by atoms with Crippen molar-refractivity contribution in [1.82, 2.24) is 0 Å². The van der Waals surface area contributed by atoms with E-state index >= 15 is 0 Å². The molecule has 2 aromatic rings. The number of carbonyl (C=O) groups excluding carboxylic acids is 1. The second kappa shape index (κ2) is 5.58. The highest BCUT2D eigenvalue weighted by molar-refractivity contribution is 9.10. The van der Waals surface area contributed by atoms with E-state index in [-0.39, 0.29) is 21.5 Å². The summed E-state index contributed by atoms with van der Waals surface area (Å²) in [5.41, 5.74) is 0.550. The zero-order chi connectivity index (χ0) is 14.9. The average Bonchev–Trinajstić information content (AvgIpc) is 2.35. The number of phenolic OH excluding ortho intramolecular Hbond substituents is 1. The molecule has 104 valence electrons. The Morgan fingerprint density at radius 3 is 2.55 bits per heavy atom. The number of phenols is 1. The van der Waals surface area contributed by atoms with Crippen LogP contribution in [0.15, 0.2) is 34.8 Å². The van der Waals surface area contributed by atoms with Gasteiger partial charge in [-0.3, -0.25) is 4.79 Å². The summed E-state index contributed by atoms with van der Waals surface area (Å²) < 4.78 is 26.9. The Balaban J connectivity index is 2.30. The second-order valence-corrected chi connectivity index (χ2v) is 5.05. The molecule has 20 heavy (non-hydrogen) atoms. The van der Waals surface area contributed by atoms with Gasteiger partial charge in [0.1, 0.15) is 17.4 Å². The van der Waals surface area contributed by atoms with Crippen molar-refractivity contribution < 1.29 is 18.7 Å². The summed E-state index contributed by atoms with van der Waals surface area (Å²) in [6.45, 7) is 1.63. The summed E-state index contributed by atoms with van der Waals surface area (Å²) in [7, 11) is 0. The van der Waals surface area contributed by atoms with E-state index < -0.39 is 17.5 Å². The molecule has 0 aliphatic rings. The fourth-order valence-electron chi connectivity index (χ4n) is 1.71. The van der Waals surface area contributed by atoms with Gasteiger partial charge in [0, 0.05) is 11.6 Å². The van der Waals surface area contributed by atoms with E-state index in [0.29, 0.717) is 5.56 Å². The van der Waals surface area contributed by atoms with Gasteiger partial charge in [0.15, 0.2) is 0 Å². The molecule has 0 unspecified atom stereocenters. The Morgan fingerprint density at radius 2 is 1.90 bits per heavy atom. The van der Waals surface area contributed by atoms with Crippen LogP contribution in [0.4, 0.5) is 14.5 Å². The van der Waals surface area contributed by atoms with Gasteiger partial charge in [-0.1, -0.05) is 0 Å². The van der Waals surface area contributed by atoms with E-state index in [1.807, 2.05) is 0 Å². The van der Waals surface area contributed by atoms with Gasteiger partial charge in [0.2, 0.25) is 0 Å². The average molecular weight is 342 g/mol. The number of nitrogens with one attached hydrogen (secondary N) is 1. The highest BCUT2D eigenvalue weighted by atomic mass is 79.9. The Morgan fingerprint density at radius 1 is 1.20 bits per heavy atom. The Labute approximate surface area is 122 Å². The zero-order valence-corrected chi connectivity index (χ0v) is 12.0. The van der Waals surface area contributed by atoms with E-state index in [2.05, 4.69) is 21.2 Å². The van der Waals surface area contributed by atoms with Gasteiger partial charge < -0.3 is 10.4 Å². The normalized spacial score (nSPS) is 10.4. The first-order chi connectivity index (χ1) is 9.38. The maximum Gasteiger partial charge on any atom is 0.256 e. The summed E-state index contributed by atoms with van der Waals surface area (Å²) >= 11 is 2.86. The quantitative estimate of drug-likeness (QED) is 0.811. The van der Waals surface area contributed by atoms with Gasteiger partial charge in [-0.2, -0.15) is 0 Å². The van der Waals surface area contributed by atoms with Crippen LogP contribution in [0.2, 0.25) is 0 Å². The first kappa shape index (κ1) is 14.5. The van der Waals surface area contributed by atoms with Gasteiger partial charge in [-0.05, 0) is 52.7 Å². The van der Waals surface area contributed by atoms with Gasteiger partial charge in [-0.15, -0.1) is 0 Å². The summed E-state index contributed by atoms with van der Waals surface area (Å²) in [4.78, 5) is 12.0. The molecule has 6 heteroatoms. The number of carbonyl (C=O) groups is 1. The number of aryl methyl sites for hydroxylation is 1. The number of aromatic hydroxyl groups is 1. The maximum atomic E-state index is 13.6. The van der Waals surface area contributed by atoms with Crippen LogP contribution < -0.4 is 5.32 Å². The molecule has 0 aliphatic carbocycles. The lowest BCUT2D eigenvalue weighted by molar-refractivity contribution is 0.102. The molecule has 1 amide bonds. The number of anilines is 1. The van der Waals surface area contributed by atoms with E-state index in [9.17, 15) is 18.7 Å².